The smallest absolute Gasteiger partial charge is 0.211 e. The molecule has 16 heavy (non-hydrogen) atoms. The summed E-state index contributed by atoms with van der Waals surface area (Å²) in [6.07, 6.45) is 2.50. The Morgan fingerprint density at radius 1 is 1.31 bits per heavy atom. The molecule has 0 saturated carbocycles. The van der Waals surface area contributed by atoms with E-state index in [0.717, 1.165) is 32.5 Å². The second-order valence-corrected chi connectivity index (χ2v) is 6.34. The maximum absolute atomic E-state index is 11.7. The molecular weight excluding hydrogens is 226 g/mol. The van der Waals surface area contributed by atoms with Gasteiger partial charge in [0.1, 0.15) is 0 Å². The molecule has 1 saturated heterocycles. The zero-order chi connectivity index (χ0) is 12.0. The fourth-order valence-corrected chi connectivity index (χ4v) is 3.26. The molecule has 0 unspecified atom stereocenters. The van der Waals surface area contributed by atoms with Crippen molar-refractivity contribution in [3.05, 3.63) is 0 Å². The first-order valence-corrected chi connectivity index (χ1v) is 7.52. The quantitative estimate of drug-likeness (QED) is 0.629. The van der Waals surface area contributed by atoms with Crippen LogP contribution < -0.4 is 10.0 Å². The van der Waals surface area contributed by atoms with Gasteiger partial charge in [0.15, 0.2) is 0 Å². The van der Waals surface area contributed by atoms with Crippen molar-refractivity contribution in [3.8, 4) is 0 Å². The van der Waals surface area contributed by atoms with Crippen molar-refractivity contribution >= 4 is 10.0 Å². The molecule has 96 valence electrons. The average molecular weight is 249 g/mol. The van der Waals surface area contributed by atoms with Gasteiger partial charge in [0.25, 0.3) is 0 Å². The van der Waals surface area contributed by atoms with Crippen LogP contribution >= 0.6 is 0 Å². The van der Waals surface area contributed by atoms with Gasteiger partial charge >= 0.3 is 0 Å². The highest BCUT2D eigenvalue weighted by Crippen LogP contribution is 2.09. The molecule has 0 aromatic carbocycles. The van der Waals surface area contributed by atoms with Crippen LogP contribution in [-0.2, 0) is 10.0 Å². The van der Waals surface area contributed by atoms with Gasteiger partial charge < -0.3 is 10.2 Å². The van der Waals surface area contributed by atoms with E-state index in [2.05, 4.69) is 22.0 Å². The Bertz CT molecular complexity index is 284. The van der Waals surface area contributed by atoms with Gasteiger partial charge in [-0.25, -0.2) is 13.1 Å². The summed E-state index contributed by atoms with van der Waals surface area (Å²) in [5.74, 6) is 0.222. The van der Waals surface area contributed by atoms with Crippen molar-refractivity contribution < 1.29 is 8.42 Å². The monoisotopic (exact) mass is 249 g/mol. The van der Waals surface area contributed by atoms with E-state index in [4.69, 9.17) is 0 Å². The summed E-state index contributed by atoms with van der Waals surface area (Å²) in [6.45, 7) is 2.70. The average Bonchev–Trinajstić information content (AvgIpc) is 2.21. The van der Waals surface area contributed by atoms with Crippen molar-refractivity contribution in [3.63, 3.8) is 0 Å². The normalized spacial score (nSPS) is 20.1. The summed E-state index contributed by atoms with van der Waals surface area (Å²) < 4.78 is 26.2. The van der Waals surface area contributed by atoms with Crippen LogP contribution in [0, 0.1) is 0 Å². The molecule has 1 rings (SSSR count). The number of piperidine rings is 1. The van der Waals surface area contributed by atoms with E-state index in [-0.39, 0.29) is 11.8 Å². The van der Waals surface area contributed by atoms with Crippen LogP contribution in [0.25, 0.3) is 0 Å². The van der Waals surface area contributed by atoms with E-state index in [9.17, 15) is 8.42 Å². The summed E-state index contributed by atoms with van der Waals surface area (Å²) in [4.78, 5) is 2.23. The van der Waals surface area contributed by atoms with Gasteiger partial charge in [0, 0.05) is 6.04 Å². The topological polar surface area (TPSA) is 61.4 Å². The Kier molecular flexibility index (Phi) is 5.68. The number of likely N-dealkylation sites (tertiary alicyclic amines) is 1. The molecule has 0 radical (unpaired) electrons. The van der Waals surface area contributed by atoms with Crippen molar-refractivity contribution in [1.82, 2.24) is 14.9 Å². The first-order chi connectivity index (χ1) is 7.53. The molecule has 0 aliphatic carbocycles. The summed E-state index contributed by atoms with van der Waals surface area (Å²) in [5.41, 5.74) is 0. The summed E-state index contributed by atoms with van der Waals surface area (Å²) in [5, 5.41) is 2.95. The molecule has 0 bridgehead atoms. The largest absolute Gasteiger partial charge is 0.320 e. The third-order valence-corrected chi connectivity index (χ3v) is 4.42. The molecule has 1 aliphatic heterocycles. The van der Waals surface area contributed by atoms with E-state index >= 15 is 0 Å². The van der Waals surface area contributed by atoms with Gasteiger partial charge in [-0.1, -0.05) is 0 Å². The Hall–Kier alpha value is -0.170. The number of hydrogen-bond donors (Lipinski definition) is 2. The van der Waals surface area contributed by atoms with Gasteiger partial charge in [0.2, 0.25) is 10.0 Å². The molecule has 6 heteroatoms. The minimum atomic E-state index is -3.08. The highest BCUT2D eigenvalue weighted by molar-refractivity contribution is 7.89. The second-order valence-electron chi connectivity index (χ2n) is 4.47. The highest BCUT2D eigenvalue weighted by atomic mass is 32.2. The number of nitrogens with zero attached hydrogens (tertiary/aromatic N) is 1. The van der Waals surface area contributed by atoms with Crippen LogP contribution in [-0.4, -0.2) is 58.8 Å². The zero-order valence-electron chi connectivity index (χ0n) is 10.2. The van der Waals surface area contributed by atoms with E-state index in [0.29, 0.717) is 6.42 Å². The maximum atomic E-state index is 11.7. The van der Waals surface area contributed by atoms with Crippen molar-refractivity contribution in [2.75, 3.05) is 39.5 Å². The molecule has 0 aromatic rings. The Morgan fingerprint density at radius 3 is 2.50 bits per heavy atom. The lowest BCUT2D eigenvalue weighted by Gasteiger charge is -2.29. The fraction of sp³-hybridized carbons (Fsp3) is 1.00. The van der Waals surface area contributed by atoms with Crippen molar-refractivity contribution in [1.29, 1.82) is 0 Å². The number of hydrogen-bond acceptors (Lipinski definition) is 4. The first kappa shape index (κ1) is 13.9. The van der Waals surface area contributed by atoms with Crippen LogP contribution in [0.2, 0.25) is 0 Å². The second kappa shape index (κ2) is 6.54. The predicted octanol–water partition coefficient (Wildman–Crippen LogP) is -0.390. The van der Waals surface area contributed by atoms with E-state index in [1.54, 1.807) is 0 Å². The van der Waals surface area contributed by atoms with Crippen LogP contribution in [0.15, 0.2) is 0 Å². The molecule has 1 heterocycles. The highest BCUT2D eigenvalue weighted by Gasteiger charge is 2.21. The van der Waals surface area contributed by atoms with Crippen LogP contribution in [0.4, 0.5) is 0 Å². The Balaban J connectivity index is 2.29. The molecule has 5 nitrogen and oxygen atoms in total. The third-order valence-electron chi connectivity index (χ3n) is 2.90. The van der Waals surface area contributed by atoms with Crippen molar-refractivity contribution in [2.45, 2.75) is 25.3 Å². The Morgan fingerprint density at radius 2 is 1.94 bits per heavy atom. The SMILES string of the molecule is CNCCCS(=O)(=O)NC1CCN(C)CC1. The fourth-order valence-electron chi connectivity index (χ4n) is 1.88. The molecule has 0 spiro atoms. The van der Waals surface area contributed by atoms with Gasteiger partial charge in [0.05, 0.1) is 5.75 Å². The molecule has 1 fully saturated rings. The lowest BCUT2D eigenvalue weighted by molar-refractivity contribution is 0.248. The predicted molar refractivity (Wildman–Crippen MR) is 66.0 cm³/mol. The van der Waals surface area contributed by atoms with Crippen LogP contribution in [0.1, 0.15) is 19.3 Å². The van der Waals surface area contributed by atoms with E-state index in [1.165, 1.54) is 0 Å². The molecule has 2 N–H and O–H groups in total. The number of rotatable bonds is 6. The minimum absolute atomic E-state index is 0.135. The van der Waals surface area contributed by atoms with Gasteiger partial charge in [-0.3, -0.25) is 0 Å². The zero-order valence-corrected chi connectivity index (χ0v) is 11.0. The van der Waals surface area contributed by atoms with Crippen LogP contribution in [0.3, 0.4) is 0 Å². The molecule has 0 aromatic heterocycles. The lowest BCUT2D eigenvalue weighted by atomic mass is 10.1. The lowest BCUT2D eigenvalue weighted by Crippen LogP contribution is -2.44. The van der Waals surface area contributed by atoms with Gasteiger partial charge in [-0.05, 0) is 53.0 Å². The first-order valence-electron chi connectivity index (χ1n) is 5.86. The van der Waals surface area contributed by atoms with E-state index in [1.807, 2.05) is 7.05 Å². The molecule has 0 atom stereocenters. The number of sulfonamides is 1. The minimum Gasteiger partial charge on any atom is -0.320 e. The summed E-state index contributed by atoms with van der Waals surface area (Å²) in [7, 11) is 0.818. The van der Waals surface area contributed by atoms with Gasteiger partial charge in [-0.2, -0.15) is 0 Å². The number of nitrogens with one attached hydrogen (secondary N) is 2. The van der Waals surface area contributed by atoms with Crippen LogP contribution in [0.5, 0.6) is 0 Å². The van der Waals surface area contributed by atoms with Crippen molar-refractivity contribution in [2.24, 2.45) is 0 Å². The third kappa shape index (κ3) is 5.25. The van der Waals surface area contributed by atoms with Gasteiger partial charge in [-0.15, -0.1) is 0 Å². The summed E-state index contributed by atoms with van der Waals surface area (Å²) >= 11 is 0. The molecular formula is C10H23N3O2S. The molecule has 0 amide bonds. The Labute approximate surface area is 98.6 Å². The van der Waals surface area contributed by atoms with E-state index < -0.39 is 10.0 Å². The molecule has 1 aliphatic rings. The maximum Gasteiger partial charge on any atom is 0.211 e. The summed E-state index contributed by atoms with van der Waals surface area (Å²) in [6, 6.07) is 0.135. The standard InChI is InChI=1S/C10H23N3O2S/c1-11-6-3-9-16(14,15)12-10-4-7-13(2)8-5-10/h10-12H,3-9H2,1-2H3.